The molecule has 12 heteroatoms. The summed E-state index contributed by atoms with van der Waals surface area (Å²) in [5.41, 5.74) is 0.584. The number of carbonyl (C=O) groups excluding carboxylic acids is 1. The number of rotatable bonds is 4. The molecule has 2 heterocycles. The maximum absolute atomic E-state index is 14.0. The van der Waals surface area contributed by atoms with E-state index >= 15 is 0 Å². The number of aromatic amines is 1. The van der Waals surface area contributed by atoms with E-state index in [1.807, 2.05) is 0 Å². The Morgan fingerprint density at radius 2 is 2.10 bits per heavy atom. The van der Waals surface area contributed by atoms with Crippen LogP contribution in [0.2, 0.25) is 5.02 Å². The highest BCUT2D eigenvalue weighted by molar-refractivity contribution is 7.89. The largest absolute Gasteiger partial charge is 0.390 e. The lowest BCUT2D eigenvalue weighted by atomic mass is 10.1. The Kier molecular flexibility index (Phi) is 5.69. The van der Waals surface area contributed by atoms with Gasteiger partial charge in [0.2, 0.25) is 10.0 Å². The van der Waals surface area contributed by atoms with Crippen molar-refractivity contribution < 1.29 is 27.1 Å². The number of hydrogen-bond acceptors (Lipinski definition) is 5. The Bertz CT molecular complexity index is 1270. The van der Waals surface area contributed by atoms with Crippen LogP contribution >= 0.6 is 11.6 Å². The maximum atomic E-state index is 14.0. The Morgan fingerprint density at radius 1 is 1.32 bits per heavy atom. The Balaban J connectivity index is 1.71. The van der Waals surface area contributed by atoms with Crippen molar-refractivity contribution in [2.24, 2.45) is 0 Å². The van der Waals surface area contributed by atoms with E-state index in [2.05, 4.69) is 15.3 Å². The van der Waals surface area contributed by atoms with E-state index in [0.29, 0.717) is 0 Å². The summed E-state index contributed by atoms with van der Waals surface area (Å²) in [6, 6.07) is 6.17. The fourth-order valence-electron chi connectivity index (χ4n) is 3.35. The van der Waals surface area contributed by atoms with Crippen LogP contribution in [0.1, 0.15) is 16.8 Å². The van der Waals surface area contributed by atoms with Gasteiger partial charge in [0.25, 0.3) is 5.91 Å². The number of alkyl halides is 1. The molecule has 1 amide bonds. The number of nitrogens with one attached hydrogen (secondary N) is 2. The molecule has 3 aromatic rings. The van der Waals surface area contributed by atoms with E-state index in [0.717, 1.165) is 16.4 Å². The van der Waals surface area contributed by atoms with Gasteiger partial charge in [0.05, 0.1) is 28.5 Å². The van der Waals surface area contributed by atoms with Crippen LogP contribution in [0.25, 0.3) is 11.0 Å². The first kappa shape index (κ1) is 21.6. The number of aliphatic hydroxyl groups excluding tert-OH is 1. The number of halogens is 3. The molecule has 0 radical (unpaired) electrons. The highest BCUT2D eigenvalue weighted by atomic mass is 35.5. The molecular weight excluding hydrogens is 454 g/mol. The van der Waals surface area contributed by atoms with Crippen molar-refractivity contribution in [2.75, 3.05) is 18.4 Å². The van der Waals surface area contributed by atoms with E-state index < -0.39 is 40.6 Å². The van der Waals surface area contributed by atoms with E-state index in [4.69, 9.17) is 11.6 Å². The summed E-state index contributed by atoms with van der Waals surface area (Å²) in [6.45, 7) is -0.562. The zero-order chi connectivity index (χ0) is 22.3. The predicted molar refractivity (Wildman–Crippen MR) is 110 cm³/mol. The van der Waals surface area contributed by atoms with Gasteiger partial charge in [-0.2, -0.15) is 4.31 Å². The van der Waals surface area contributed by atoms with Gasteiger partial charge in [0.15, 0.2) is 0 Å². The quantitative estimate of drug-likeness (QED) is 0.542. The number of hydrogen-bond donors (Lipinski definition) is 3. The molecule has 0 bridgehead atoms. The number of fused-ring (bicyclic) bond motifs is 1. The SMILES string of the molecule is O=C(Nc1ccc(F)c(Cl)c1)c1cc(S(=O)(=O)N2CCC(O)C(F)C2)c2[nH]cnc2c1. The van der Waals surface area contributed by atoms with Gasteiger partial charge in [-0.15, -0.1) is 0 Å². The van der Waals surface area contributed by atoms with Gasteiger partial charge in [-0.25, -0.2) is 22.2 Å². The van der Waals surface area contributed by atoms with Gasteiger partial charge in [-0.3, -0.25) is 4.79 Å². The summed E-state index contributed by atoms with van der Waals surface area (Å²) < 4.78 is 54.6. The number of nitrogens with zero attached hydrogens (tertiary/aromatic N) is 2. The summed E-state index contributed by atoms with van der Waals surface area (Å²) in [7, 11) is -4.20. The van der Waals surface area contributed by atoms with Crippen LogP contribution in [0.4, 0.5) is 14.5 Å². The molecule has 1 aromatic heterocycles. The highest BCUT2D eigenvalue weighted by Gasteiger charge is 2.36. The molecule has 2 atom stereocenters. The van der Waals surface area contributed by atoms with Crippen molar-refractivity contribution in [1.82, 2.24) is 14.3 Å². The molecule has 1 fully saturated rings. The number of aliphatic hydroxyl groups is 1. The lowest BCUT2D eigenvalue weighted by molar-refractivity contribution is 0.0303. The van der Waals surface area contributed by atoms with Crippen molar-refractivity contribution in [3.63, 3.8) is 0 Å². The minimum Gasteiger partial charge on any atom is -0.390 e. The van der Waals surface area contributed by atoms with Crippen molar-refractivity contribution in [2.45, 2.75) is 23.6 Å². The minimum atomic E-state index is -4.20. The maximum Gasteiger partial charge on any atom is 0.255 e. The van der Waals surface area contributed by atoms with Crippen LogP contribution in [0.15, 0.2) is 41.6 Å². The number of benzene rings is 2. The molecule has 1 saturated heterocycles. The van der Waals surface area contributed by atoms with Gasteiger partial charge in [0, 0.05) is 24.3 Å². The molecule has 8 nitrogen and oxygen atoms in total. The van der Waals surface area contributed by atoms with Crippen LogP contribution in [-0.4, -0.2) is 59.1 Å². The normalized spacial score (nSPS) is 20.1. The zero-order valence-electron chi connectivity index (χ0n) is 15.8. The molecule has 0 aliphatic carbocycles. The van der Waals surface area contributed by atoms with Crippen LogP contribution in [0.3, 0.4) is 0 Å². The number of imidazole rings is 1. The standard InChI is InChI=1S/C19H17ClF2N4O4S/c20-12-7-11(1-2-13(12)21)25-19(28)10-5-15-18(24-9-23-15)17(6-10)31(29,30)26-4-3-16(27)14(22)8-26/h1-2,5-7,9,14,16,27H,3-4,8H2,(H,23,24)(H,25,28). The first-order valence-corrected chi connectivity index (χ1v) is 11.0. The molecule has 164 valence electrons. The lowest BCUT2D eigenvalue weighted by Crippen LogP contribution is -2.47. The first-order chi connectivity index (χ1) is 14.7. The van der Waals surface area contributed by atoms with Gasteiger partial charge in [-0.05, 0) is 36.8 Å². The number of sulfonamides is 1. The molecule has 1 aliphatic rings. The number of carbonyl (C=O) groups is 1. The predicted octanol–water partition coefficient (Wildman–Crippen LogP) is 2.70. The Labute approximate surface area is 180 Å². The molecule has 2 unspecified atom stereocenters. The third-order valence-electron chi connectivity index (χ3n) is 5.02. The van der Waals surface area contributed by atoms with Crippen molar-refractivity contribution in [3.8, 4) is 0 Å². The second-order valence-electron chi connectivity index (χ2n) is 7.09. The molecule has 31 heavy (non-hydrogen) atoms. The first-order valence-electron chi connectivity index (χ1n) is 9.22. The third kappa shape index (κ3) is 4.13. The van der Waals surface area contributed by atoms with E-state index in [1.165, 1.54) is 24.5 Å². The Morgan fingerprint density at radius 3 is 2.81 bits per heavy atom. The smallest absolute Gasteiger partial charge is 0.255 e. The number of piperidine rings is 1. The Hall–Kier alpha value is -2.60. The summed E-state index contributed by atoms with van der Waals surface area (Å²) >= 11 is 5.73. The number of anilines is 1. The molecule has 4 rings (SSSR count). The number of aromatic nitrogens is 2. The van der Waals surface area contributed by atoms with Crippen molar-refractivity contribution >= 4 is 44.3 Å². The second kappa shape index (κ2) is 8.15. The molecule has 2 aromatic carbocycles. The summed E-state index contributed by atoms with van der Waals surface area (Å²) in [5, 5.41) is 11.9. The van der Waals surface area contributed by atoms with Gasteiger partial charge >= 0.3 is 0 Å². The molecular formula is C19H17ClF2N4O4S. The van der Waals surface area contributed by atoms with Crippen LogP contribution < -0.4 is 5.32 Å². The topological polar surface area (TPSA) is 115 Å². The number of amides is 1. The average Bonchev–Trinajstić information content (AvgIpc) is 3.20. The van der Waals surface area contributed by atoms with E-state index in [9.17, 15) is 27.1 Å². The van der Waals surface area contributed by atoms with Gasteiger partial charge in [0.1, 0.15) is 16.9 Å². The van der Waals surface area contributed by atoms with Crippen LogP contribution in [0.5, 0.6) is 0 Å². The summed E-state index contributed by atoms with van der Waals surface area (Å²) in [6.07, 6.45) is -1.70. The molecule has 0 saturated carbocycles. The second-order valence-corrected chi connectivity index (χ2v) is 9.40. The minimum absolute atomic E-state index is 0.0209. The zero-order valence-corrected chi connectivity index (χ0v) is 17.4. The van der Waals surface area contributed by atoms with Gasteiger partial charge in [-0.1, -0.05) is 11.6 Å². The van der Waals surface area contributed by atoms with Crippen molar-refractivity contribution in [3.05, 3.63) is 53.1 Å². The number of H-pyrrole nitrogens is 1. The molecule has 3 N–H and O–H groups in total. The monoisotopic (exact) mass is 470 g/mol. The van der Waals surface area contributed by atoms with E-state index in [-0.39, 0.29) is 45.2 Å². The lowest BCUT2D eigenvalue weighted by Gasteiger charge is -2.31. The fraction of sp³-hybridized carbons (Fsp3) is 0.263. The van der Waals surface area contributed by atoms with Crippen LogP contribution in [0, 0.1) is 5.82 Å². The molecule has 1 aliphatic heterocycles. The van der Waals surface area contributed by atoms with Crippen LogP contribution in [-0.2, 0) is 10.0 Å². The van der Waals surface area contributed by atoms with E-state index in [1.54, 1.807) is 0 Å². The van der Waals surface area contributed by atoms with Gasteiger partial charge < -0.3 is 15.4 Å². The van der Waals surface area contributed by atoms with Crippen molar-refractivity contribution in [1.29, 1.82) is 0 Å². The molecule has 0 spiro atoms. The highest BCUT2D eigenvalue weighted by Crippen LogP contribution is 2.29. The average molecular weight is 471 g/mol. The fourth-order valence-corrected chi connectivity index (χ4v) is 5.19. The summed E-state index contributed by atoms with van der Waals surface area (Å²) in [4.78, 5) is 19.3. The summed E-state index contributed by atoms with van der Waals surface area (Å²) in [5.74, 6) is -1.31. The third-order valence-corrected chi connectivity index (χ3v) is 7.20.